The molecule has 10 heteroatoms. The molecule has 10 nitrogen and oxygen atoms in total. The van der Waals surface area contributed by atoms with Crippen molar-refractivity contribution in [1.29, 1.82) is 0 Å². The number of anilines is 1. The van der Waals surface area contributed by atoms with Crippen LogP contribution in [-0.2, 0) is 14.2 Å². The van der Waals surface area contributed by atoms with E-state index in [1.54, 1.807) is 13.4 Å². The first kappa shape index (κ1) is 19.9. The van der Waals surface area contributed by atoms with Gasteiger partial charge in [0.15, 0.2) is 23.5 Å². The third kappa shape index (κ3) is 4.19. The van der Waals surface area contributed by atoms with E-state index in [4.69, 9.17) is 19.9 Å². The van der Waals surface area contributed by atoms with Crippen molar-refractivity contribution in [2.45, 2.75) is 38.1 Å². The molecule has 0 unspecified atom stereocenters. The Morgan fingerprint density at radius 3 is 2.85 bits per heavy atom. The molecule has 2 aromatic rings. The molecule has 0 amide bonds. The molecule has 150 valence electrons. The molecule has 27 heavy (non-hydrogen) atoms. The van der Waals surface area contributed by atoms with E-state index in [1.807, 2.05) is 25.5 Å². The Hall–Kier alpha value is -1.85. The molecule has 1 saturated heterocycles. The van der Waals surface area contributed by atoms with Crippen LogP contribution in [0.25, 0.3) is 11.2 Å². The molecule has 2 aromatic heterocycles. The van der Waals surface area contributed by atoms with Crippen molar-refractivity contribution in [2.75, 3.05) is 46.6 Å². The van der Waals surface area contributed by atoms with Gasteiger partial charge in [-0.15, -0.1) is 0 Å². The summed E-state index contributed by atoms with van der Waals surface area (Å²) in [7, 11) is 5.68. The van der Waals surface area contributed by atoms with Gasteiger partial charge in [-0.2, -0.15) is 0 Å². The number of hydrogen-bond acceptors (Lipinski definition) is 9. The zero-order valence-corrected chi connectivity index (χ0v) is 16.5. The number of nitrogen functional groups attached to an aromatic ring is 1. The first-order valence-electron chi connectivity index (χ1n) is 9.01. The summed E-state index contributed by atoms with van der Waals surface area (Å²) >= 11 is 0. The van der Waals surface area contributed by atoms with Gasteiger partial charge in [-0.05, 0) is 27.9 Å². The lowest BCUT2D eigenvalue weighted by atomic mass is 10.1. The van der Waals surface area contributed by atoms with Crippen molar-refractivity contribution < 1.29 is 14.2 Å². The van der Waals surface area contributed by atoms with Crippen molar-refractivity contribution in [3.8, 4) is 0 Å². The summed E-state index contributed by atoms with van der Waals surface area (Å²) < 4.78 is 20.0. The minimum Gasteiger partial charge on any atom is -0.382 e. The number of likely N-dealkylation sites (N-methyl/N-ethyl adjacent to an activating group) is 2. The lowest BCUT2D eigenvalue weighted by molar-refractivity contribution is -0.161. The van der Waals surface area contributed by atoms with E-state index >= 15 is 0 Å². The Bertz CT molecular complexity index is 766. The smallest absolute Gasteiger partial charge is 0.169 e. The van der Waals surface area contributed by atoms with Crippen LogP contribution in [0, 0.1) is 0 Å². The van der Waals surface area contributed by atoms with E-state index in [0.29, 0.717) is 23.5 Å². The van der Waals surface area contributed by atoms with Gasteiger partial charge in [0.05, 0.1) is 6.33 Å². The molecule has 0 aliphatic carbocycles. The highest BCUT2D eigenvalue weighted by molar-refractivity contribution is 5.81. The number of hydrogen-bond donors (Lipinski definition) is 2. The van der Waals surface area contributed by atoms with E-state index in [1.165, 1.54) is 6.33 Å². The van der Waals surface area contributed by atoms with Crippen LogP contribution in [-0.4, -0.2) is 83.3 Å². The molecule has 0 saturated carbocycles. The molecular weight excluding hydrogens is 350 g/mol. The quantitative estimate of drug-likeness (QED) is 0.665. The summed E-state index contributed by atoms with van der Waals surface area (Å²) in [5.74, 6) is -0.422. The van der Waals surface area contributed by atoms with Crippen LogP contribution in [0.2, 0.25) is 0 Å². The van der Waals surface area contributed by atoms with Gasteiger partial charge in [-0.3, -0.25) is 4.57 Å². The third-order valence-corrected chi connectivity index (χ3v) is 4.67. The number of aromatic nitrogens is 4. The Morgan fingerprint density at radius 1 is 1.37 bits per heavy atom. The second-order valence-electron chi connectivity index (χ2n) is 7.21. The van der Waals surface area contributed by atoms with Gasteiger partial charge in [0, 0.05) is 26.7 Å². The van der Waals surface area contributed by atoms with E-state index in [0.717, 1.165) is 13.1 Å². The van der Waals surface area contributed by atoms with Gasteiger partial charge in [-0.25, -0.2) is 15.0 Å². The Kier molecular flexibility index (Phi) is 5.92. The number of imidazole rings is 1. The standard InChI is InChI=1S/C17H29N7O3/c1-17(2)26-13(11(25-5)8-23(4)7-6-19-3)16(27-17)24-10-22-12-14(18)20-9-21-15(12)24/h9-11,13,16,19H,6-8H2,1-5H3,(H2,18,20,21)/t11-,13-,16-/m1/s1. The Balaban J connectivity index is 1.88. The SMILES string of the molecule is CNCCN(C)C[C@@H](OC)[C@H]1OC(C)(C)O[C@H]1n1cnc2c(N)ncnc21. The maximum Gasteiger partial charge on any atom is 0.169 e. The van der Waals surface area contributed by atoms with Crippen LogP contribution in [0.1, 0.15) is 20.1 Å². The summed E-state index contributed by atoms with van der Waals surface area (Å²) in [4.78, 5) is 14.9. The highest BCUT2D eigenvalue weighted by Crippen LogP contribution is 2.38. The average Bonchev–Trinajstić information content (AvgIpc) is 3.19. The fourth-order valence-electron chi connectivity index (χ4n) is 3.32. The van der Waals surface area contributed by atoms with Crippen molar-refractivity contribution in [2.24, 2.45) is 0 Å². The summed E-state index contributed by atoms with van der Waals surface area (Å²) in [6.45, 7) is 6.27. The summed E-state index contributed by atoms with van der Waals surface area (Å²) in [5, 5.41) is 3.15. The average molecular weight is 379 g/mol. The number of methoxy groups -OCH3 is 1. The molecule has 3 heterocycles. The molecule has 0 bridgehead atoms. The van der Waals surface area contributed by atoms with Crippen molar-refractivity contribution in [3.05, 3.63) is 12.7 Å². The highest BCUT2D eigenvalue weighted by atomic mass is 16.8. The van der Waals surface area contributed by atoms with Gasteiger partial charge in [-0.1, -0.05) is 0 Å². The van der Waals surface area contributed by atoms with Crippen molar-refractivity contribution in [1.82, 2.24) is 29.7 Å². The van der Waals surface area contributed by atoms with E-state index in [2.05, 4.69) is 32.2 Å². The van der Waals surface area contributed by atoms with Gasteiger partial charge in [0.1, 0.15) is 24.1 Å². The maximum atomic E-state index is 6.21. The minimum atomic E-state index is -0.759. The van der Waals surface area contributed by atoms with Crippen molar-refractivity contribution in [3.63, 3.8) is 0 Å². The number of nitrogens with two attached hydrogens (primary N) is 1. The maximum absolute atomic E-state index is 6.21. The number of ether oxygens (including phenoxy) is 3. The second-order valence-corrected chi connectivity index (χ2v) is 7.21. The van der Waals surface area contributed by atoms with E-state index < -0.39 is 12.0 Å². The largest absolute Gasteiger partial charge is 0.382 e. The summed E-state index contributed by atoms with van der Waals surface area (Å²) in [5.41, 5.74) is 7.07. The van der Waals surface area contributed by atoms with E-state index in [-0.39, 0.29) is 12.2 Å². The first-order valence-corrected chi connectivity index (χ1v) is 9.01. The first-order chi connectivity index (χ1) is 12.9. The molecule has 1 aliphatic rings. The highest BCUT2D eigenvalue weighted by Gasteiger charge is 2.47. The van der Waals surface area contributed by atoms with Crippen LogP contribution in [0.4, 0.5) is 5.82 Å². The topological polar surface area (TPSA) is 113 Å². The summed E-state index contributed by atoms with van der Waals surface area (Å²) in [6, 6.07) is 0. The van der Waals surface area contributed by atoms with Crippen LogP contribution >= 0.6 is 0 Å². The zero-order valence-electron chi connectivity index (χ0n) is 16.5. The predicted molar refractivity (Wildman–Crippen MR) is 101 cm³/mol. The van der Waals surface area contributed by atoms with Crippen LogP contribution in [0.3, 0.4) is 0 Å². The van der Waals surface area contributed by atoms with E-state index in [9.17, 15) is 0 Å². The molecule has 0 aromatic carbocycles. The molecule has 1 fully saturated rings. The molecular formula is C17H29N7O3. The van der Waals surface area contributed by atoms with Gasteiger partial charge < -0.3 is 30.2 Å². The van der Waals surface area contributed by atoms with Crippen molar-refractivity contribution >= 4 is 17.0 Å². The van der Waals surface area contributed by atoms with Crippen LogP contribution in [0.5, 0.6) is 0 Å². The minimum absolute atomic E-state index is 0.199. The lowest BCUT2D eigenvalue weighted by Crippen LogP contribution is -2.44. The van der Waals surface area contributed by atoms with Gasteiger partial charge in [0.25, 0.3) is 0 Å². The van der Waals surface area contributed by atoms with Gasteiger partial charge in [0.2, 0.25) is 0 Å². The number of nitrogens with one attached hydrogen (secondary N) is 1. The fourth-order valence-corrected chi connectivity index (χ4v) is 3.32. The summed E-state index contributed by atoms with van der Waals surface area (Å²) in [6.07, 6.45) is 2.11. The van der Waals surface area contributed by atoms with Crippen LogP contribution in [0.15, 0.2) is 12.7 Å². The third-order valence-electron chi connectivity index (χ3n) is 4.67. The normalized spacial score (nSPS) is 23.3. The molecule has 3 rings (SSSR count). The monoisotopic (exact) mass is 379 g/mol. The predicted octanol–water partition coefficient (Wildman–Crippen LogP) is 0.225. The molecule has 0 radical (unpaired) electrons. The van der Waals surface area contributed by atoms with Crippen LogP contribution < -0.4 is 11.1 Å². The second kappa shape index (κ2) is 8.03. The fraction of sp³-hybridized carbons (Fsp3) is 0.706. The number of nitrogens with zero attached hydrogens (tertiary/aromatic N) is 5. The molecule has 1 aliphatic heterocycles. The Morgan fingerprint density at radius 2 is 2.15 bits per heavy atom. The number of rotatable bonds is 8. The zero-order chi connectivity index (χ0) is 19.6. The Labute approximate surface area is 159 Å². The molecule has 3 N–H and O–H groups in total. The number of fused-ring (bicyclic) bond motifs is 1. The van der Waals surface area contributed by atoms with Gasteiger partial charge >= 0.3 is 0 Å². The molecule has 0 spiro atoms. The lowest BCUT2D eigenvalue weighted by Gasteiger charge is -2.29. The molecule has 3 atom stereocenters.